The molecule has 0 aliphatic carbocycles. The highest BCUT2D eigenvalue weighted by Crippen LogP contribution is 1.98. The van der Waals surface area contributed by atoms with Gasteiger partial charge in [0.05, 0.1) is 0 Å². The number of anilines is 1. The molecule has 0 atom stereocenters. The summed E-state index contributed by atoms with van der Waals surface area (Å²) in [4.78, 5) is 3.95. The van der Waals surface area contributed by atoms with Gasteiger partial charge >= 0.3 is 0 Å². The van der Waals surface area contributed by atoms with Crippen LogP contribution in [0.3, 0.4) is 0 Å². The van der Waals surface area contributed by atoms with Gasteiger partial charge in [0.1, 0.15) is 5.82 Å². The second-order valence-electron chi connectivity index (χ2n) is 1.91. The molecule has 0 fully saturated rings. The molecule has 0 unspecified atom stereocenters. The number of pyridine rings is 1. The third-order valence-electron chi connectivity index (χ3n) is 1.08. The lowest BCUT2D eigenvalue weighted by Crippen LogP contribution is -2.24. The maximum atomic E-state index is 8.21. The van der Waals surface area contributed by atoms with Crippen LogP contribution in [0.5, 0.6) is 0 Å². The van der Waals surface area contributed by atoms with E-state index in [0.717, 1.165) is 0 Å². The highest BCUT2D eigenvalue weighted by molar-refractivity contribution is 7.80. The average Bonchev–Trinajstić information content (AvgIpc) is 2.06. The molecule has 2 N–H and O–H groups in total. The molecule has 0 bridgehead atoms. The molecule has 0 radical (unpaired) electrons. The Hall–Kier alpha value is -1.67. The second-order valence-corrected chi connectivity index (χ2v) is 2.31. The van der Waals surface area contributed by atoms with E-state index in [2.05, 4.69) is 15.6 Å². The molecular weight excluding hydrogens is 172 g/mol. The number of thiocarbonyl (C=S) groups is 1. The molecule has 1 heterocycles. The molecule has 12 heavy (non-hydrogen) atoms. The Morgan fingerprint density at radius 2 is 2.42 bits per heavy atom. The Morgan fingerprint density at radius 1 is 1.58 bits per heavy atom. The molecule has 1 aromatic heterocycles. The van der Waals surface area contributed by atoms with Gasteiger partial charge in [-0.1, -0.05) is 6.07 Å². The Bertz CT molecular complexity index is 303. The highest BCUT2D eigenvalue weighted by atomic mass is 32.1. The number of hydrogen-bond donors (Lipinski definition) is 2. The van der Waals surface area contributed by atoms with E-state index < -0.39 is 0 Å². The Labute approximate surface area is 75.2 Å². The first kappa shape index (κ1) is 8.43. The summed E-state index contributed by atoms with van der Waals surface area (Å²) in [6.45, 7) is 0. The summed E-state index contributed by atoms with van der Waals surface area (Å²) in [5, 5.41) is 13.5. The van der Waals surface area contributed by atoms with Crippen molar-refractivity contribution >= 4 is 23.1 Å². The summed E-state index contributed by atoms with van der Waals surface area (Å²) in [5.74, 6) is 0.616. The lowest BCUT2D eigenvalue weighted by molar-refractivity contribution is 1.26. The third-order valence-corrected chi connectivity index (χ3v) is 1.28. The second kappa shape index (κ2) is 4.26. The summed E-state index contributed by atoms with van der Waals surface area (Å²) in [5.41, 5.74) is 0. The maximum absolute atomic E-state index is 8.21. The standard InChI is InChI=1S/C7H6N4S/c8-5-10-7(12)11-6-3-1-2-4-9-6/h1-4H,(H2,9,10,11,12). The Morgan fingerprint density at radius 3 is 3.00 bits per heavy atom. The van der Waals surface area contributed by atoms with Gasteiger partial charge in [-0.15, -0.1) is 0 Å². The van der Waals surface area contributed by atoms with Crippen LogP contribution >= 0.6 is 12.2 Å². The van der Waals surface area contributed by atoms with Crippen LogP contribution in [-0.2, 0) is 0 Å². The van der Waals surface area contributed by atoms with Crippen molar-refractivity contribution in [3.63, 3.8) is 0 Å². The van der Waals surface area contributed by atoms with Crippen LogP contribution in [0, 0.1) is 11.5 Å². The van der Waals surface area contributed by atoms with Gasteiger partial charge in [-0.25, -0.2) is 4.98 Å². The van der Waals surface area contributed by atoms with Gasteiger partial charge in [0.25, 0.3) is 0 Å². The molecule has 1 rings (SSSR count). The predicted molar refractivity (Wildman–Crippen MR) is 49.2 cm³/mol. The van der Waals surface area contributed by atoms with Crippen molar-refractivity contribution in [2.75, 3.05) is 5.32 Å². The van der Waals surface area contributed by atoms with Crippen molar-refractivity contribution in [2.45, 2.75) is 0 Å². The van der Waals surface area contributed by atoms with Crippen LogP contribution in [0.1, 0.15) is 0 Å². The molecular formula is C7H6N4S. The van der Waals surface area contributed by atoms with Crippen LogP contribution in [0.2, 0.25) is 0 Å². The molecule has 0 aromatic carbocycles. The van der Waals surface area contributed by atoms with Crippen molar-refractivity contribution in [3.05, 3.63) is 24.4 Å². The summed E-state index contributed by atoms with van der Waals surface area (Å²) in [7, 11) is 0. The van der Waals surface area contributed by atoms with Crippen molar-refractivity contribution in [2.24, 2.45) is 0 Å². The van der Waals surface area contributed by atoms with E-state index in [4.69, 9.17) is 17.5 Å². The van der Waals surface area contributed by atoms with Gasteiger partial charge in [0.15, 0.2) is 11.3 Å². The zero-order valence-electron chi connectivity index (χ0n) is 6.11. The lowest BCUT2D eigenvalue weighted by Gasteiger charge is -2.02. The first-order valence-electron chi connectivity index (χ1n) is 3.20. The van der Waals surface area contributed by atoms with Crippen molar-refractivity contribution in [1.82, 2.24) is 10.3 Å². The van der Waals surface area contributed by atoms with Crippen molar-refractivity contribution in [3.8, 4) is 6.19 Å². The molecule has 0 saturated heterocycles. The Kier molecular flexibility index (Phi) is 2.99. The largest absolute Gasteiger partial charge is 0.317 e. The molecule has 1 aromatic rings. The quantitative estimate of drug-likeness (QED) is 0.379. The van der Waals surface area contributed by atoms with Gasteiger partial charge in [-0.05, 0) is 24.4 Å². The number of nitriles is 1. The van der Waals surface area contributed by atoms with E-state index >= 15 is 0 Å². The number of aromatic nitrogens is 1. The molecule has 0 aliphatic heterocycles. The maximum Gasteiger partial charge on any atom is 0.185 e. The smallest absolute Gasteiger partial charge is 0.185 e. The molecule has 0 spiro atoms. The first-order chi connectivity index (χ1) is 5.83. The van der Waals surface area contributed by atoms with E-state index in [0.29, 0.717) is 5.82 Å². The number of hydrogen-bond acceptors (Lipinski definition) is 3. The zero-order chi connectivity index (χ0) is 8.81. The minimum absolute atomic E-state index is 0.246. The van der Waals surface area contributed by atoms with Crippen molar-refractivity contribution in [1.29, 1.82) is 5.26 Å². The fraction of sp³-hybridized carbons (Fsp3) is 0. The van der Waals surface area contributed by atoms with Gasteiger partial charge in [0, 0.05) is 6.20 Å². The summed E-state index contributed by atoms with van der Waals surface area (Å²) < 4.78 is 0. The molecule has 0 saturated carbocycles. The van der Waals surface area contributed by atoms with Crippen LogP contribution in [0.4, 0.5) is 5.82 Å². The third kappa shape index (κ3) is 2.52. The number of nitrogens with one attached hydrogen (secondary N) is 2. The van der Waals surface area contributed by atoms with E-state index in [1.807, 2.05) is 6.07 Å². The van der Waals surface area contributed by atoms with Crippen molar-refractivity contribution < 1.29 is 0 Å². The van der Waals surface area contributed by atoms with Gasteiger partial charge in [-0.2, -0.15) is 5.26 Å². The highest BCUT2D eigenvalue weighted by Gasteiger charge is 1.94. The van der Waals surface area contributed by atoms with Crippen LogP contribution in [0.25, 0.3) is 0 Å². The van der Waals surface area contributed by atoms with E-state index in [-0.39, 0.29) is 5.11 Å². The summed E-state index contributed by atoms with van der Waals surface area (Å²) in [6, 6.07) is 5.38. The minimum atomic E-state index is 0.246. The van der Waals surface area contributed by atoms with Gasteiger partial charge in [-0.3, -0.25) is 5.32 Å². The summed E-state index contributed by atoms with van der Waals surface area (Å²) >= 11 is 4.75. The first-order valence-corrected chi connectivity index (χ1v) is 3.61. The number of rotatable bonds is 1. The van der Waals surface area contributed by atoms with E-state index in [9.17, 15) is 0 Å². The monoisotopic (exact) mass is 178 g/mol. The van der Waals surface area contributed by atoms with Gasteiger partial charge in [0.2, 0.25) is 0 Å². The molecule has 0 amide bonds. The predicted octanol–water partition coefficient (Wildman–Crippen LogP) is 0.849. The fourth-order valence-corrected chi connectivity index (χ4v) is 0.785. The molecule has 4 nitrogen and oxygen atoms in total. The fourth-order valence-electron chi connectivity index (χ4n) is 0.635. The zero-order valence-corrected chi connectivity index (χ0v) is 6.93. The molecule has 60 valence electrons. The summed E-state index contributed by atoms with van der Waals surface area (Å²) in [6.07, 6.45) is 3.34. The Balaban J connectivity index is 2.54. The topological polar surface area (TPSA) is 60.7 Å². The molecule has 5 heteroatoms. The van der Waals surface area contributed by atoms with Crippen LogP contribution in [0.15, 0.2) is 24.4 Å². The van der Waals surface area contributed by atoms with E-state index in [1.165, 1.54) is 0 Å². The molecule has 0 aliphatic rings. The lowest BCUT2D eigenvalue weighted by atomic mass is 10.5. The number of nitrogens with zero attached hydrogens (tertiary/aromatic N) is 2. The van der Waals surface area contributed by atoms with Gasteiger partial charge < -0.3 is 5.32 Å². The SMILES string of the molecule is N#CNC(=S)Nc1ccccn1. The normalized spacial score (nSPS) is 8.25. The van der Waals surface area contributed by atoms with Crippen LogP contribution in [-0.4, -0.2) is 10.1 Å². The average molecular weight is 178 g/mol. The van der Waals surface area contributed by atoms with Crippen LogP contribution < -0.4 is 10.6 Å². The van der Waals surface area contributed by atoms with E-state index in [1.54, 1.807) is 24.5 Å². The minimum Gasteiger partial charge on any atom is -0.317 e.